The van der Waals surface area contributed by atoms with E-state index in [-0.39, 0.29) is 29.8 Å². The number of benzene rings is 4. The fourth-order valence-electron chi connectivity index (χ4n) is 5.01. The van der Waals surface area contributed by atoms with Crippen LogP contribution >= 0.6 is 11.8 Å². The van der Waals surface area contributed by atoms with Crippen molar-refractivity contribution < 1.29 is 28.7 Å². The maximum atomic E-state index is 13.8. The molecule has 2 atom stereocenters. The summed E-state index contributed by atoms with van der Waals surface area (Å²) in [6.45, 7) is 5.16. The molecule has 0 aliphatic rings. The van der Waals surface area contributed by atoms with Crippen molar-refractivity contribution in [3.63, 3.8) is 0 Å². The second-order valence-corrected chi connectivity index (χ2v) is 12.8. The van der Waals surface area contributed by atoms with E-state index in [0.717, 1.165) is 22.4 Å². The topological polar surface area (TPSA) is 111 Å². The fraction of sp³-hybridized carbons (Fsp3) is 0.282. The molecule has 250 valence electrons. The number of esters is 1. The number of Topliss-reactive ketones (excluding diaryl/α,β-unsaturated/α-hetero) is 1. The first-order valence-corrected chi connectivity index (χ1v) is 17.0. The predicted molar refractivity (Wildman–Crippen MR) is 189 cm³/mol. The molecule has 2 N–H and O–H groups in total. The molecule has 0 radical (unpaired) electrons. The van der Waals surface area contributed by atoms with Crippen molar-refractivity contribution in [3.05, 3.63) is 137 Å². The first-order valence-electron chi connectivity index (χ1n) is 15.8. The summed E-state index contributed by atoms with van der Waals surface area (Å²) in [7, 11) is 1.61. The molecule has 0 heterocycles. The normalized spacial score (nSPS) is 12.2. The average Bonchev–Trinajstić information content (AvgIpc) is 3.10. The van der Waals surface area contributed by atoms with Gasteiger partial charge in [0.2, 0.25) is 11.8 Å². The maximum Gasteiger partial charge on any atom is 0.329 e. The van der Waals surface area contributed by atoms with Crippen molar-refractivity contribution in [2.75, 3.05) is 12.9 Å². The van der Waals surface area contributed by atoms with Crippen LogP contribution in [-0.2, 0) is 31.3 Å². The number of carbonyl (C=O) groups is 4. The fourth-order valence-corrected chi connectivity index (χ4v) is 6.03. The van der Waals surface area contributed by atoms with Crippen LogP contribution in [0.2, 0.25) is 0 Å². The monoisotopic (exact) mass is 666 g/mol. The van der Waals surface area contributed by atoms with Gasteiger partial charge in [0.25, 0.3) is 0 Å². The van der Waals surface area contributed by atoms with E-state index in [1.54, 1.807) is 31.4 Å². The smallest absolute Gasteiger partial charge is 0.329 e. The van der Waals surface area contributed by atoms with Crippen molar-refractivity contribution in [2.45, 2.75) is 51.1 Å². The van der Waals surface area contributed by atoms with Crippen LogP contribution in [-0.4, -0.2) is 48.5 Å². The minimum absolute atomic E-state index is 0.0244. The van der Waals surface area contributed by atoms with Crippen molar-refractivity contribution in [2.24, 2.45) is 5.92 Å². The van der Waals surface area contributed by atoms with Gasteiger partial charge in [0.15, 0.2) is 11.9 Å². The van der Waals surface area contributed by atoms with Gasteiger partial charge in [-0.3, -0.25) is 14.4 Å². The third kappa shape index (κ3) is 10.6. The summed E-state index contributed by atoms with van der Waals surface area (Å²) in [4.78, 5) is 52.4. The highest BCUT2D eigenvalue weighted by Gasteiger charge is 2.32. The first-order chi connectivity index (χ1) is 23.1. The van der Waals surface area contributed by atoms with Crippen LogP contribution in [0.4, 0.5) is 0 Å². The second-order valence-electron chi connectivity index (χ2n) is 11.8. The van der Waals surface area contributed by atoms with E-state index >= 15 is 0 Å². The number of amides is 2. The van der Waals surface area contributed by atoms with Crippen LogP contribution in [0.25, 0.3) is 0 Å². The van der Waals surface area contributed by atoms with E-state index in [1.807, 2.05) is 98.8 Å². The van der Waals surface area contributed by atoms with Crippen molar-refractivity contribution in [1.82, 2.24) is 10.6 Å². The SMILES string of the molecule is COc1ccc(CSC[C@H](NC(=O)Cc2ccc(C(C)=O)cc2)C(=O)N[C@@H](C(=O)OC(c2ccccc2)c2ccccc2)C(C)C)cc1. The number of nitrogens with one attached hydrogen (secondary N) is 2. The summed E-state index contributed by atoms with van der Waals surface area (Å²) in [5.41, 5.74) is 3.91. The number of hydrogen-bond donors (Lipinski definition) is 2. The highest BCUT2D eigenvalue weighted by Crippen LogP contribution is 2.27. The molecule has 9 heteroatoms. The molecule has 0 aliphatic carbocycles. The number of rotatable bonds is 16. The average molecular weight is 667 g/mol. The number of methoxy groups -OCH3 is 1. The lowest BCUT2D eigenvalue weighted by Gasteiger charge is -2.27. The maximum absolute atomic E-state index is 13.8. The van der Waals surface area contributed by atoms with Gasteiger partial charge in [0.05, 0.1) is 13.5 Å². The molecule has 0 aromatic heterocycles. The summed E-state index contributed by atoms with van der Waals surface area (Å²) in [6, 6.07) is 31.5. The second kappa shape index (κ2) is 17.9. The van der Waals surface area contributed by atoms with Gasteiger partial charge in [-0.1, -0.05) is 111 Å². The van der Waals surface area contributed by atoms with Gasteiger partial charge in [-0.05, 0) is 47.2 Å². The van der Waals surface area contributed by atoms with Crippen LogP contribution in [0.15, 0.2) is 109 Å². The molecule has 4 aromatic carbocycles. The number of carbonyl (C=O) groups excluding carboxylic acids is 4. The lowest BCUT2D eigenvalue weighted by atomic mass is 10.0. The molecule has 0 unspecified atom stereocenters. The minimum Gasteiger partial charge on any atom is -0.497 e. The summed E-state index contributed by atoms with van der Waals surface area (Å²) < 4.78 is 11.3. The molecular formula is C39H42N2O6S. The highest BCUT2D eigenvalue weighted by atomic mass is 32.2. The zero-order chi connectivity index (χ0) is 34.5. The van der Waals surface area contributed by atoms with Gasteiger partial charge < -0.3 is 20.1 Å². The summed E-state index contributed by atoms with van der Waals surface area (Å²) >= 11 is 1.49. The molecule has 0 saturated heterocycles. The Morgan fingerprint density at radius 3 is 1.81 bits per heavy atom. The van der Waals surface area contributed by atoms with Gasteiger partial charge in [0, 0.05) is 17.1 Å². The largest absolute Gasteiger partial charge is 0.497 e. The Morgan fingerprint density at radius 1 is 0.729 bits per heavy atom. The highest BCUT2D eigenvalue weighted by molar-refractivity contribution is 7.98. The number of hydrogen-bond acceptors (Lipinski definition) is 7. The van der Waals surface area contributed by atoms with E-state index in [1.165, 1.54) is 18.7 Å². The van der Waals surface area contributed by atoms with Crippen molar-refractivity contribution >= 4 is 35.3 Å². The standard InChI is InChI=1S/C39H42N2O6S/c1-26(2)36(39(45)47-37(31-11-7-5-8-12-31)32-13-9-6-10-14-32)41-38(44)34(25-48-24-29-17-21-33(46-4)22-18-29)40-35(43)23-28-15-19-30(20-16-28)27(3)42/h5-22,26,34,36-37H,23-25H2,1-4H3,(H,40,43)(H,41,44)/t34-,36+/m0/s1. The van der Waals surface area contributed by atoms with E-state index in [4.69, 9.17) is 9.47 Å². The lowest BCUT2D eigenvalue weighted by molar-refractivity contribution is -0.153. The zero-order valence-corrected chi connectivity index (χ0v) is 28.5. The van der Waals surface area contributed by atoms with Crippen LogP contribution in [0.3, 0.4) is 0 Å². The number of ether oxygens (including phenoxy) is 2. The number of thioether (sulfide) groups is 1. The Bertz CT molecular complexity index is 1600. The summed E-state index contributed by atoms with van der Waals surface area (Å²) in [6.07, 6.45) is -0.639. The van der Waals surface area contributed by atoms with Gasteiger partial charge in [0.1, 0.15) is 17.8 Å². The molecule has 0 saturated carbocycles. The Morgan fingerprint density at radius 2 is 1.29 bits per heavy atom. The van der Waals surface area contributed by atoms with E-state index < -0.39 is 30.1 Å². The van der Waals surface area contributed by atoms with Gasteiger partial charge >= 0.3 is 5.97 Å². The molecule has 2 amide bonds. The van der Waals surface area contributed by atoms with E-state index in [0.29, 0.717) is 16.9 Å². The molecule has 8 nitrogen and oxygen atoms in total. The predicted octanol–water partition coefficient (Wildman–Crippen LogP) is 6.33. The van der Waals surface area contributed by atoms with Crippen LogP contribution in [0, 0.1) is 5.92 Å². The molecule has 48 heavy (non-hydrogen) atoms. The Balaban J connectivity index is 1.49. The Hall–Kier alpha value is -4.89. The van der Waals surface area contributed by atoms with Crippen molar-refractivity contribution in [1.29, 1.82) is 0 Å². The quantitative estimate of drug-likeness (QED) is 0.106. The first kappa shape index (κ1) is 36.0. The third-order valence-electron chi connectivity index (χ3n) is 7.75. The van der Waals surface area contributed by atoms with E-state index in [2.05, 4.69) is 10.6 Å². The lowest BCUT2D eigenvalue weighted by Crippen LogP contribution is -2.54. The Labute approximate surface area is 286 Å². The molecule has 4 rings (SSSR count). The molecule has 0 bridgehead atoms. The van der Waals surface area contributed by atoms with Crippen LogP contribution < -0.4 is 15.4 Å². The van der Waals surface area contributed by atoms with Gasteiger partial charge in [-0.2, -0.15) is 11.8 Å². The zero-order valence-electron chi connectivity index (χ0n) is 27.7. The van der Waals surface area contributed by atoms with Crippen molar-refractivity contribution in [3.8, 4) is 5.75 Å². The van der Waals surface area contributed by atoms with Gasteiger partial charge in [-0.25, -0.2) is 4.79 Å². The van der Waals surface area contributed by atoms with Crippen LogP contribution in [0.1, 0.15) is 59.5 Å². The van der Waals surface area contributed by atoms with Crippen LogP contribution in [0.5, 0.6) is 5.75 Å². The summed E-state index contributed by atoms with van der Waals surface area (Å²) in [5.74, 6) is -0.150. The van der Waals surface area contributed by atoms with E-state index in [9.17, 15) is 19.2 Å². The summed E-state index contributed by atoms with van der Waals surface area (Å²) in [5, 5.41) is 5.75. The minimum atomic E-state index is -0.961. The molecule has 4 aromatic rings. The Kier molecular flexibility index (Phi) is 13.4. The third-order valence-corrected chi connectivity index (χ3v) is 8.85. The molecule has 0 spiro atoms. The molecule has 0 aliphatic heterocycles. The number of ketones is 1. The molecule has 0 fully saturated rings. The van der Waals surface area contributed by atoms with Gasteiger partial charge in [-0.15, -0.1) is 0 Å². The molecular weight excluding hydrogens is 625 g/mol.